The fraction of sp³-hybridized carbons (Fsp3) is 0.690. The molecule has 2 fully saturated rings. The van der Waals surface area contributed by atoms with E-state index < -0.39 is 88.5 Å². The normalized spacial score (nSPS) is 44.0. The summed E-state index contributed by atoms with van der Waals surface area (Å²) < 4.78 is 34.9. The summed E-state index contributed by atoms with van der Waals surface area (Å²) in [5, 5.41) is 12.2. The van der Waals surface area contributed by atoms with E-state index in [1.807, 2.05) is 0 Å². The van der Waals surface area contributed by atoms with Gasteiger partial charge in [0.1, 0.15) is 30.0 Å². The van der Waals surface area contributed by atoms with Gasteiger partial charge < -0.3 is 33.5 Å². The van der Waals surface area contributed by atoms with Crippen LogP contribution in [0.3, 0.4) is 0 Å². The Labute approximate surface area is 238 Å². The molecule has 4 rings (SSSR count). The largest absolute Gasteiger partial charge is 0.461 e. The molecule has 0 saturated carbocycles. The van der Waals surface area contributed by atoms with E-state index in [4.69, 9.17) is 28.4 Å². The second kappa shape index (κ2) is 10.2. The van der Waals surface area contributed by atoms with E-state index in [2.05, 4.69) is 0 Å². The van der Waals surface area contributed by atoms with Crippen molar-refractivity contribution in [3.05, 3.63) is 23.8 Å². The molecule has 0 radical (unpaired) electrons. The van der Waals surface area contributed by atoms with Gasteiger partial charge in [0.2, 0.25) is 0 Å². The predicted octanol–water partition coefficient (Wildman–Crippen LogP) is 1.85. The number of fused-ring (bicyclic) bond motifs is 1. The van der Waals surface area contributed by atoms with Crippen molar-refractivity contribution in [2.45, 2.75) is 116 Å². The molecule has 0 bridgehead atoms. The molecule has 1 N–H and O–H groups in total. The highest BCUT2D eigenvalue weighted by molar-refractivity contribution is 5.89. The molecule has 226 valence electrons. The molecule has 0 aromatic heterocycles. The molecule has 2 heterocycles. The molecule has 2 aliphatic heterocycles. The molecule has 0 unspecified atom stereocenters. The van der Waals surface area contributed by atoms with Crippen molar-refractivity contribution < 1.29 is 57.5 Å². The summed E-state index contributed by atoms with van der Waals surface area (Å²) >= 11 is 0. The van der Waals surface area contributed by atoms with Crippen molar-refractivity contribution >= 4 is 29.8 Å². The molecule has 2 aliphatic carbocycles. The van der Waals surface area contributed by atoms with Crippen LogP contribution in [0.5, 0.6) is 0 Å². The minimum absolute atomic E-state index is 0.0438. The minimum atomic E-state index is -1.96. The predicted molar refractivity (Wildman–Crippen MR) is 139 cm³/mol. The van der Waals surface area contributed by atoms with Gasteiger partial charge in [0.15, 0.2) is 17.3 Å². The first-order chi connectivity index (χ1) is 18.9. The van der Waals surface area contributed by atoms with E-state index >= 15 is 0 Å². The summed E-state index contributed by atoms with van der Waals surface area (Å²) in [5.74, 6) is -4.45. The second-order valence-corrected chi connectivity index (χ2v) is 11.8. The van der Waals surface area contributed by atoms with Crippen molar-refractivity contribution in [3.8, 4) is 0 Å². The van der Waals surface area contributed by atoms with Crippen LogP contribution in [0.4, 0.5) is 0 Å². The first-order valence-electron chi connectivity index (χ1n) is 13.7. The molecule has 12 nitrogen and oxygen atoms in total. The summed E-state index contributed by atoms with van der Waals surface area (Å²) in [6, 6.07) is 0. The first-order valence-corrected chi connectivity index (χ1v) is 13.7. The minimum Gasteiger partial charge on any atom is -0.461 e. The van der Waals surface area contributed by atoms with Crippen LogP contribution in [0.15, 0.2) is 23.8 Å². The highest BCUT2D eigenvalue weighted by atomic mass is 16.7. The summed E-state index contributed by atoms with van der Waals surface area (Å²) in [4.78, 5) is 62.7. The topological polar surface area (TPSA) is 164 Å². The molecule has 0 aromatic rings. The molecule has 4 aliphatic rings. The number of rotatable bonds is 5. The quantitative estimate of drug-likeness (QED) is 0.218. The number of ether oxygens (including phenoxy) is 6. The van der Waals surface area contributed by atoms with Gasteiger partial charge in [-0.05, 0) is 38.5 Å². The van der Waals surface area contributed by atoms with E-state index in [-0.39, 0.29) is 12.8 Å². The van der Waals surface area contributed by atoms with Gasteiger partial charge in [-0.25, -0.2) is 4.79 Å². The Hall–Kier alpha value is -3.25. The summed E-state index contributed by atoms with van der Waals surface area (Å²) in [5.41, 5.74) is -5.99. The number of hydrogen-bond acceptors (Lipinski definition) is 12. The van der Waals surface area contributed by atoms with E-state index in [0.717, 1.165) is 0 Å². The summed E-state index contributed by atoms with van der Waals surface area (Å²) in [7, 11) is 0. The Bertz CT molecular complexity index is 1220. The number of epoxide rings is 1. The average molecular weight is 579 g/mol. The lowest BCUT2D eigenvalue weighted by Gasteiger charge is -2.55. The van der Waals surface area contributed by atoms with Gasteiger partial charge in [0.05, 0.1) is 0 Å². The van der Waals surface area contributed by atoms with Gasteiger partial charge in [-0.15, -0.1) is 0 Å². The van der Waals surface area contributed by atoms with Gasteiger partial charge in [-0.3, -0.25) is 19.2 Å². The van der Waals surface area contributed by atoms with Crippen LogP contribution in [0.1, 0.15) is 68.2 Å². The van der Waals surface area contributed by atoms with Gasteiger partial charge >= 0.3 is 29.8 Å². The van der Waals surface area contributed by atoms with Crippen molar-refractivity contribution in [1.29, 1.82) is 0 Å². The molecule has 2 saturated heterocycles. The Morgan fingerprint density at radius 1 is 1.00 bits per heavy atom. The maximum atomic E-state index is 13.1. The number of esters is 5. The fourth-order valence-electron chi connectivity index (χ4n) is 6.81. The number of aliphatic hydroxyl groups is 1. The molecule has 12 heteroatoms. The van der Waals surface area contributed by atoms with E-state index in [1.54, 1.807) is 32.9 Å². The molecule has 0 amide bonds. The third kappa shape index (κ3) is 4.84. The lowest BCUT2D eigenvalue weighted by molar-refractivity contribution is -0.220. The fourth-order valence-corrected chi connectivity index (χ4v) is 6.81. The van der Waals surface area contributed by atoms with Gasteiger partial charge in [0.25, 0.3) is 0 Å². The molecule has 41 heavy (non-hydrogen) atoms. The smallest absolute Gasteiger partial charge is 0.342 e. The average Bonchev–Trinajstić information content (AvgIpc) is 3.44. The van der Waals surface area contributed by atoms with Crippen molar-refractivity contribution in [2.24, 2.45) is 11.3 Å². The Balaban J connectivity index is 2.03. The van der Waals surface area contributed by atoms with Crippen LogP contribution in [-0.2, 0) is 52.4 Å². The van der Waals surface area contributed by atoms with Crippen LogP contribution < -0.4 is 0 Å². The lowest BCUT2D eigenvalue weighted by Crippen LogP contribution is -2.67. The summed E-state index contributed by atoms with van der Waals surface area (Å²) in [6.07, 6.45) is -0.910. The molecule has 10 atom stereocenters. The number of hydrogen-bond donors (Lipinski definition) is 1. The Kier molecular flexibility index (Phi) is 7.66. The van der Waals surface area contributed by atoms with Crippen molar-refractivity contribution in [3.63, 3.8) is 0 Å². The molecular weight excluding hydrogens is 540 g/mol. The molecule has 0 aromatic carbocycles. The highest BCUT2D eigenvalue weighted by Gasteiger charge is 2.87. The molecule has 1 spiro atoms. The van der Waals surface area contributed by atoms with Crippen molar-refractivity contribution in [1.82, 2.24) is 0 Å². The second-order valence-electron chi connectivity index (χ2n) is 11.8. The zero-order valence-electron chi connectivity index (χ0n) is 24.5. The highest BCUT2D eigenvalue weighted by Crippen LogP contribution is 2.65. The Morgan fingerprint density at radius 2 is 1.61 bits per heavy atom. The zero-order chi connectivity index (χ0) is 30.7. The SMILES string of the molecule is CCC(=O)O[C@@H]1C[C@@H](OC(C)=O)[C@]2(C)C=C[C@@H](OC(C)=O)[C@](C)(O)[C@@H]2[C@@H](OC(C)=O)[C@]23O[C@@]2(C)C(=O)O[C@H]3/C=C\1C. The lowest BCUT2D eigenvalue weighted by atomic mass is 9.55. The Morgan fingerprint density at radius 3 is 2.15 bits per heavy atom. The van der Waals surface area contributed by atoms with Crippen LogP contribution in [0.25, 0.3) is 0 Å². The number of carbonyl (C=O) groups excluding carboxylic acids is 5. The zero-order valence-corrected chi connectivity index (χ0v) is 24.5. The van der Waals surface area contributed by atoms with E-state index in [9.17, 15) is 29.1 Å². The molecular formula is C29H38O12. The van der Waals surface area contributed by atoms with Gasteiger partial charge in [0, 0.05) is 44.9 Å². The van der Waals surface area contributed by atoms with Crippen LogP contribution in [-0.4, -0.2) is 82.3 Å². The maximum Gasteiger partial charge on any atom is 0.342 e. The third-order valence-corrected chi connectivity index (χ3v) is 8.86. The third-order valence-electron chi connectivity index (χ3n) is 8.86. The monoisotopic (exact) mass is 578 g/mol. The first kappa shape index (κ1) is 30.7. The van der Waals surface area contributed by atoms with Gasteiger partial charge in [-0.2, -0.15) is 0 Å². The van der Waals surface area contributed by atoms with E-state index in [0.29, 0.717) is 5.57 Å². The number of carbonyl (C=O) groups is 5. The van der Waals surface area contributed by atoms with E-state index in [1.165, 1.54) is 40.7 Å². The van der Waals surface area contributed by atoms with Gasteiger partial charge in [-0.1, -0.05) is 19.9 Å². The van der Waals surface area contributed by atoms with Crippen LogP contribution in [0, 0.1) is 11.3 Å². The van der Waals surface area contributed by atoms with Crippen LogP contribution in [0.2, 0.25) is 0 Å². The standard InChI is InChI=1S/C29H38O12/c1-9-22(33)39-18-13-20(37-16(4)31)26(6)11-10-19(36-15(3)30)27(7,35)23(26)24(38-17(5)32)29-21(12-14(18)2)40-25(34)28(29,8)41-29/h10-12,18-21,23-24,35H,9,13H2,1-8H3/b14-12-/t18-,19-,20-,21+,23-,24-,26+,27+,28+,29+/m1/s1. The summed E-state index contributed by atoms with van der Waals surface area (Å²) in [6.45, 7) is 11.5. The maximum absolute atomic E-state index is 13.1. The van der Waals surface area contributed by atoms with Crippen LogP contribution >= 0.6 is 0 Å². The van der Waals surface area contributed by atoms with Crippen molar-refractivity contribution in [2.75, 3.05) is 0 Å².